The third-order valence-electron chi connectivity index (χ3n) is 9.12. The Hall–Kier alpha value is -1.84. The van der Waals surface area contributed by atoms with Crippen molar-refractivity contribution in [3.05, 3.63) is 29.8 Å². The normalized spacial score (nSPS) is 30.2. The summed E-state index contributed by atoms with van der Waals surface area (Å²) in [5.74, 6) is 4.06. The molecule has 0 spiro atoms. The Morgan fingerprint density at radius 3 is 1.91 bits per heavy atom. The van der Waals surface area contributed by atoms with Crippen LogP contribution in [0.4, 0.5) is 0 Å². The lowest BCUT2D eigenvalue weighted by atomic mass is 9.49. The number of carbonyl (C=O) groups is 2. The van der Waals surface area contributed by atoms with Crippen molar-refractivity contribution in [2.24, 2.45) is 29.1 Å². The Labute approximate surface area is 207 Å². The number of carbonyl (C=O) groups excluding carboxylic acids is 2. The molecule has 0 amide bonds. The second-order valence-electron chi connectivity index (χ2n) is 11.7. The van der Waals surface area contributed by atoms with Crippen LogP contribution in [0.2, 0.25) is 0 Å². The van der Waals surface area contributed by atoms with Crippen LogP contribution in [-0.2, 0) is 14.3 Å². The molecule has 4 fully saturated rings. The molecule has 4 aliphatic carbocycles. The largest absolute Gasteiger partial charge is 0.458 e. The fourth-order valence-corrected chi connectivity index (χ4v) is 6.52. The molecule has 0 N–H and O–H groups in total. The molecular formula is C30H46O4. The first kappa shape index (κ1) is 26.8. The lowest BCUT2D eigenvalue weighted by Crippen LogP contribution is -2.60. The average Bonchev–Trinajstić information content (AvgIpc) is 2.81. The summed E-state index contributed by atoms with van der Waals surface area (Å²) in [6, 6.07) is 7.69. The number of benzene rings is 1. The Morgan fingerprint density at radius 1 is 0.971 bits per heavy atom. The molecule has 34 heavy (non-hydrogen) atoms. The summed E-state index contributed by atoms with van der Waals surface area (Å²) < 4.78 is 11.2. The molecule has 0 heterocycles. The second-order valence-corrected chi connectivity index (χ2v) is 11.7. The molecule has 190 valence electrons. The van der Waals surface area contributed by atoms with Gasteiger partial charge in [-0.25, -0.2) is 0 Å². The van der Waals surface area contributed by atoms with Gasteiger partial charge in [-0.2, -0.15) is 0 Å². The van der Waals surface area contributed by atoms with Gasteiger partial charge in [-0.05, 0) is 112 Å². The SMILES string of the molecule is CCC(C)(C)C(=O)OC1(CC)C2CC3CC(C2)CC1C3.CCC(C)c1ccc(OC(C)=O)cc1. The molecular weight excluding hydrogens is 424 g/mol. The van der Waals surface area contributed by atoms with Crippen molar-refractivity contribution in [3.8, 4) is 5.75 Å². The van der Waals surface area contributed by atoms with Crippen LogP contribution in [0.15, 0.2) is 24.3 Å². The highest BCUT2D eigenvalue weighted by Gasteiger charge is 2.59. The first-order valence-electron chi connectivity index (χ1n) is 13.6. The topological polar surface area (TPSA) is 52.6 Å². The Bertz CT molecular complexity index is 810. The minimum absolute atomic E-state index is 0.0364. The fraction of sp³-hybridized carbons (Fsp3) is 0.733. The summed E-state index contributed by atoms with van der Waals surface area (Å²) in [5, 5.41) is 0. The maximum atomic E-state index is 12.6. The first-order chi connectivity index (χ1) is 16.0. The molecule has 0 saturated heterocycles. The minimum Gasteiger partial charge on any atom is -0.458 e. The van der Waals surface area contributed by atoms with Gasteiger partial charge >= 0.3 is 11.9 Å². The summed E-state index contributed by atoms with van der Waals surface area (Å²) in [6.45, 7) is 14.1. The molecule has 1 atom stereocenters. The quantitative estimate of drug-likeness (QED) is 0.303. The molecule has 1 aromatic carbocycles. The van der Waals surface area contributed by atoms with Gasteiger partial charge in [-0.3, -0.25) is 9.59 Å². The maximum absolute atomic E-state index is 12.6. The molecule has 4 nitrogen and oxygen atoms in total. The van der Waals surface area contributed by atoms with Crippen LogP contribution in [0.3, 0.4) is 0 Å². The minimum atomic E-state index is -0.336. The number of hydrogen-bond acceptors (Lipinski definition) is 4. The van der Waals surface area contributed by atoms with Crippen LogP contribution in [-0.4, -0.2) is 17.5 Å². The van der Waals surface area contributed by atoms with Gasteiger partial charge in [0.05, 0.1) is 5.41 Å². The zero-order chi connectivity index (χ0) is 25.1. The average molecular weight is 471 g/mol. The van der Waals surface area contributed by atoms with Crippen LogP contribution in [0, 0.1) is 29.1 Å². The standard InChI is InChI=1S/C18H30O2.C12H16O2/c1-5-17(3,4)16(19)20-18(6-2)14-8-12-7-13(10-14)11-15(18)9-12;1-4-9(2)11-5-7-12(8-6-11)14-10(3)13/h12-15H,5-11H2,1-4H3;5-9H,4H2,1-3H3. The van der Waals surface area contributed by atoms with Crippen molar-refractivity contribution >= 4 is 11.9 Å². The van der Waals surface area contributed by atoms with Gasteiger partial charge < -0.3 is 9.47 Å². The van der Waals surface area contributed by atoms with Gasteiger partial charge in [0.25, 0.3) is 0 Å². The van der Waals surface area contributed by atoms with E-state index in [1.165, 1.54) is 44.6 Å². The van der Waals surface area contributed by atoms with Gasteiger partial charge in [0.15, 0.2) is 0 Å². The molecule has 5 rings (SSSR count). The van der Waals surface area contributed by atoms with Gasteiger partial charge in [-0.1, -0.05) is 39.8 Å². The molecule has 1 aromatic rings. The van der Waals surface area contributed by atoms with Gasteiger partial charge in [-0.15, -0.1) is 0 Å². The molecule has 4 aliphatic rings. The van der Waals surface area contributed by atoms with E-state index in [0.717, 1.165) is 31.1 Å². The third kappa shape index (κ3) is 5.69. The van der Waals surface area contributed by atoms with Crippen molar-refractivity contribution in [2.75, 3.05) is 0 Å². The van der Waals surface area contributed by atoms with Gasteiger partial charge in [0.2, 0.25) is 0 Å². The van der Waals surface area contributed by atoms with E-state index in [2.05, 4.69) is 27.7 Å². The molecule has 4 heteroatoms. The van der Waals surface area contributed by atoms with E-state index >= 15 is 0 Å². The van der Waals surface area contributed by atoms with Crippen molar-refractivity contribution < 1.29 is 19.1 Å². The maximum Gasteiger partial charge on any atom is 0.312 e. The van der Waals surface area contributed by atoms with Crippen molar-refractivity contribution in [1.82, 2.24) is 0 Å². The first-order valence-corrected chi connectivity index (χ1v) is 13.6. The van der Waals surface area contributed by atoms with E-state index in [9.17, 15) is 9.59 Å². The van der Waals surface area contributed by atoms with Crippen LogP contribution >= 0.6 is 0 Å². The molecule has 0 aromatic heterocycles. The van der Waals surface area contributed by atoms with E-state index in [-0.39, 0.29) is 23.0 Å². The van der Waals surface area contributed by atoms with E-state index in [1.54, 1.807) is 0 Å². The van der Waals surface area contributed by atoms with Gasteiger partial charge in [0, 0.05) is 6.92 Å². The Kier molecular flexibility index (Phi) is 8.52. The lowest BCUT2D eigenvalue weighted by Gasteiger charge is -2.60. The van der Waals surface area contributed by atoms with Crippen LogP contribution in [0.1, 0.15) is 111 Å². The molecule has 1 unspecified atom stereocenters. The Morgan fingerprint density at radius 2 is 1.50 bits per heavy atom. The fourth-order valence-electron chi connectivity index (χ4n) is 6.52. The highest BCUT2D eigenvalue weighted by molar-refractivity contribution is 5.76. The van der Waals surface area contributed by atoms with Crippen LogP contribution in [0.5, 0.6) is 5.75 Å². The molecule has 4 saturated carbocycles. The van der Waals surface area contributed by atoms with E-state index in [0.29, 0.717) is 23.5 Å². The molecule has 4 bridgehead atoms. The Balaban J connectivity index is 0.000000204. The van der Waals surface area contributed by atoms with Crippen molar-refractivity contribution in [3.63, 3.8) is 0 Å². The molecule has 0 radical (unpaired) electrons. The van der Waals surface area contributed by atoms with E-state index in [4.69, 9.17) is 9.47 Å². The van der Waals surface area contributed by atoms with Gasteiger partial charge in [0.1, 0.15) is 11.4 Å². The number of esters is 2. The predicted molar refractivity (Wildman–Crippen MR) is 137 cm³/mol. The highest BCUT2D eigenvalue weighted by Crippen LogP contribution is 2.61. The predicted octanol–water partition coefficient (Wildman–Crippen LogP) is 7.70. The monoisotopic (exact) mass is 470 g/mol. The summed E-state index contributed by atoms with van der Waals surface area (Å²) in [5.41, 5.74) is 0.816. The summed E-state index contributed by atoms with van der Waals surface area (Å²) in [7, 11) is 0. The highest BCUT2D eigenvalue weighted by atomic mass is 16.6. The summed E-state index contributed by atoms with van der Waals surface area (Å²) >= 11 is 0. The summed E-state index contributed by atoms with van der Waals surface area (Å²) in [4.78, 5) is 23.3. The van der Waals surface area contributed by atoms with Crippen molar-refractivity contribution in [2.45, 2.75) is 111 Å². The van der Waals surface area contributed by atoms with Crippen LogP contribution in [0.25, 0.3) is 0 Å². The lowest BCUT2D eigenvalue weighted by molar-refractivity contribution is -0.218. The smallest absolute Gasteiger partial charge is 0.312 e. The van der Waals surface area contributed by atoms with Crippen molar-refractivity contribution in [1.29, 1.82) is 0 Å². The van der Waals surface area contributed by atoms with Crippen LogP contribution < -0.4 is 4.74 Å². The third-order valence-corrected chi connectivity index (χ3v) is 9.12. The zero-order valence-corrected chi connectivity index (χ0v) is 22.5. The number of hydrogen-bond donors (Lipinski definition) is 0. The number of ether oxygens (including phenoxy) is 2. The summed E-state index contributed by atoms with van der Waals surface area (Å²) in [6.07, 6.45) is 9.65. The zero-order valence-electron chi connectivity index (χ0n) is 22.5. The molecule has 0 aliphatic heterocycles. The number of rotatable bonds is 7. The van der Waals surface area contributed by atoms with E-state index in [1.807, 2.05) is 38.1 Å². The second kappa shape index (κ2) is 10.8. The van der Waals surface area contributed by atoms with E-state index < -0.39 is 0 Å².